The Morgan fingerprint density at radius 3 is 2.33 bits per heavy atom. The summed E-state index contributed by atoms with van der Waals surface area (Å²) in [7, 11) is 0. The van der Waals surface area contributed by atoms with E-state index in [2.05, 4.69) is 24.3 Å². The normalized spacial score (nSPS) is 10.7. The molecule has 0 unspecified atom stereocenters. The predicted molar refractivity (Wildman–Crippen MR) is 125 cm³/mol. The zero-order chi connectivity index (χ0) is 24.0. The predicted octanol–water partition coefficient (Wildman–Crippen LogP) is 3.86. The van der Waals surface area contributed by atoms with E-state index in [4.69, 9.17) is 9.47 Å². The number of ether oxygens (including phenoxy) is 2. The van der Waals surface area contributed by atoms with Gasteiger partial charge in [-0.05, 0) is 49.6 Å². The molecular formula is C25H27N3O5. The van der Waals surface area contributed by atoms with Crippen molar-refractivity contribution in [2.24, 2.45) is 0 Å². The third kappa shape index (κ3) is 6.06. The van der Waals surface area contributed by atoms with Gasteiger partial charge in [-0.3, -0.25) is 9.59 Å². The summed E-state index contributed by atoms with van der Waals surface area (Å²) in [5.41, 5.74) is 2.58. The minimum Gasteiger partial charge on any atom is -0.481 e. The SMILES string of the molecule is CCOC(=O)c1nn(-c2ccc(C)cc2)c(=O)cc1OCC(=O)Nc1ccc(C(C)C)cc1. The van der Waals surface area contributed by atoms with E-state index in [0.717, 1.165) is 21.9 Å². The maximum Gasteiger partial charge on any atom is 0.362 e. The number of carbonyl (C=O) groups is 2. The van der Waals surface area contributed by atoms with Gasteiger partial charge in [-0.15, -0.1) is 0 Å². The highest BCUT2D eigenvalue weighted by Gasteiger charge is 2.20. The van der Waals surface area contributed by atoms with Crippen LogP contribution < -0.4 is 15.6 Å². The van der Waals surface area contributed by atoms with Crippen LogP contribution in [0.25, 0.3) is 5.69 Å². The van der Waals surface area contributed by atoms with Gasteiger partial charge in [0.2, 0.25) is 5.69 Å². The Kier molecular flexibility index (Phi) is 7.61. The van der Waals surface area contributed by atoms with Crippen molar-refractivity contribution in [3.63, 3.8) is 0 Å². The van der Waals surface area contributed by atoms with Crippen molar-refractivity contribution in [2.45, 2.75) is 33.6 Å². The Morgan fingerprint density at radius 1 is 1.06 bits per heavy atom. The first-order valence-electron chi connectivity index (χ1n) is 10.7. The first-order chi connectivity index (χ1) is 15.8. The molecule has 0 radical (unpaired) electrons. The summed E-state index contributed by atoms with van der Waals surface area (Å²) < 4.78 is 11.6. The Bertz CT molecular complexity index is 1180. The zero-order valence-electron chi connectivity index (χ0n) is 19.1. The molecule has 2 aromatic carbocycles. The Morgan fingerprint density at radius 2 is 1.73 bits per heavy atom. The van der Waals surface area contributed by atoms with Crippen LogP contribution in [0.15, 0.2) is 59.4 Å². The minimum absolute atomic E-state index is 0.118. The summed E-state index contributed by atoms with van der Waals surface area (Å²) in [6.45, 7) is 7.47. The summed E-state index contributed by atoms with van der Waals surface area (Å²) in [6.07, 6.45) is 0. The highest BCUT2D eigenvalue weighted by atomic mass is 16.5. The molecule has 0 atom stereocenters. The minimum atomic E-state index is -0.752. The standard InChI is InChI=1S/C25H27N3O5/c1-5-32-25(31)24-21(14-23(30)28(27-24)20-12-6-17(4)7-13-20)33-15-22(29)26-19-10-8-18(9-11-19)16(2)3/h6-14,16H,5,15H2,1-4H3,(H,26,29). The molecule has 0 saturated carbocycles. The second kappa shape index (κ2) is 10.6. The molecule has 8 nitrogen and oxygen atoms in total. The van der Waals surface area contributed by atoms with Gasteiger partial charge in [-0.1, -0.05) is 43.7 Å². The lowest BCUT2D eigenvalue weighted by atomic mass is 10.0. The summed E-state index contributed by atoms with van der Waals surface area (Å²) in [6, 6.07) is 15.7. The van der Waals surface area contributed by atoms with Crippen LogP contribution in [0.2, 0.25) is 0 Å². The van der Waals surface area contributed by atoms with Gasteiger partial charge in [-0.2, -0.15) is 9.78 Å². The molecule has 0 saturated heterocycles. The number of anilines is 1. The first-order valence-corrected chi connectivity index (χ1v) is 10.7. The smallest absolute Gasteiger partial charge is 0.362 e. The van der Waals surface area contributed by atoms with Crippen LogP contribution in [0.3, 0.4) is 0 Å². The summed E-state index contributed by atoms with van der Waals surface area (Å²) in [4.78, 5) is 37.5. The Labute approximate surface area is 192 Å². The van der Waals surface area contributed by atoms with Gasteiger partial charge in [-0.25, -0.2) is 4.79 Å². The van der Waals surface area contributed by atoms with Crippen LogP contribution in [-0.2, 0) is 9.53 Å². The van der Waals surface area contributed by atoms with Crippen molar-refractivity contribution < 1.29 is 19.1 Å². The molecule has 1 aromatic heterocycles. The van der Waals surface area contributed by atoms with Crippen LogP contribution >= 0.6 is 0 Å². The van der Waals surface area contributed by atoms with Crippen LogP contribution in [0.1, 0.15) is 48.3 Å². The van der Waals surface area contributed by atoms with Gasteiger partial charge in [0.25, 0.3) is 11.5 Å². The van der Waals surface area contributed by atoms with Crippen molar-refractivity contribution in [2.75, 3.05) is 18.5 Å². The Balaban J connectivity index is 1.80. The molecule has 0 spiro atoms. The molecule has 3 rings (SSSR count). The van der Waals surface area contributed by atoms with Gasteiger partial charge >= 0.3 is 5.97 Å². The van der Waals surface area contributed by atoms with Crippen molar-refractivity contribution in [1.82, 2.24) is 9.78 Å². The molecule has 0 aliphatic heterocycles. The molecule has 0 aliphatic rings. The number of nitrogens with one attached hydrogen (secondary N) is 1. The van der Waals surface area contributed by atoms with Crippen molar-refractivity contribution in [3.8, 4) is 11.4 Å². The number of benzene rings is 2. The van der Waals surface area contributed by atoms with E-state index in [1.807, 2.05) is 43.3 Å². The second-order valence-electron chi connectivity index (χ2n) is 7.78. The molecule has 0 fully saturated rings. The maximum absolute atomic E-state index is 12.6. The van der Waals surface area contributed by atoms with Crippen molar-refractivity contribution >= 4 is 17.6 Å². The number of carbonyl (C=O) groups excluding carboxylic acids is 2. The van der Waals surface area contributed by atoms with Gasteiger partial charge in [0.1, 0.15) is 0 Å². The maximum atomic E-state index is 12.6. The van der Waals surface area contributed by atoms with Crippen LogP contribution in [0.4, 0.5) is 5.69 Å². The lowest BCUT2D eigenvalue weighted by molar-refractivity contribution is -0.118. The monoisotopic (exact) mass is 449 g/mol. The highest BCUT2D eigenvalue weighted by molar-refractivity contribution is 5.93. The molecule has 33 heavy (non-hydrogen) atoms. The molecule has 172 valence electrons. The van der Waals surface area contributed by atoms with E-state index in [9.17, 15) is 14.4 Å². The van der Waals surface area contributed by atoms with E-state index < -0.39 is 24.0 Å². The van der Waals surface area contributed by atoms with E-state index in [0.29, 0.717) is 17.3 Å². The number of amides is 1. The van der Waals surface area contributed by atoms with Gasteiger partial charge in [0, 0.05) is 5.69 Å². The first kappa shape index (κ1) is 23.7. The van der Waals surface area contributed by atoms with Crippen LogP contribution in [0.5, 0.6) is 5.75 Å². The molecule has 0 aliphatic carbocycles. The number of nitrogens with zero attached hydrogens (tertiary/aromatic N) is 2. The number of hydrogen-bond acceptors (Lipinski definition) is 6. The molecule has 1 amide bonds. The van der Waals surface area contributed by atoms with E-state index in [-0.39, 0.29) is 18.1 Å². The van der Waals surface area contributed by atoms with Crippen LogP contribution in [-0.4, -0.2) is 34.9 Å². The summed E-state index contributed by atoms with van der Waals surface area (Å²) in [5, 5.41) is 6.88. The van der Waals surface area contributed by atoms with Gasteiger partial charge < -0.3 is 14.8 Å². The fourth-order valence-corrected chi connectivity index (χ4v) is 3.05. The van der Waals surface area contributed by atoms with E-state index in [1.165, 1.54) is 0 Å². The number of hydrogen-bond donors (Lipinski definition) is 1. The molecule has 8 heteroatoms. The largest absolute Gasteiger partial charge is 0.481 e. The average molecular weight is 450 g/mol. The third-order valence-electron chi connectivity index (χ3n) is 4.86. The van der Waals surface area contributed by atoms with Crippen molar-refractivity contribution in [1.29, 1.82) is 0 Å². The quantitative estimate of drug-likeness (QED) is 0.524. The number of rotatable bonds is 8. The molecule has 3 aromatic rings. The molecule has 1 N–H and O–H groups in total. The molecule has 0 bridgehead atoms. The van der Waals surface area contributed by atoms with E-state index in [1.54, 1.807) is 19.1 Å². The summed E-state index contributed by atoms with van der Waals surface area (Å²) in [5.74, 6) is -0.927. The lowest BCUT2D eigenvalue weighted by Gasteiger charge is -2.13. The number of aromatic nitrogens is 2. The molecule has 1 heterocycles. The topological polar surface area (TPSA) is 99.5 Å². The summed E-state index contributed by atoms with van der Waals surface area (Å²) >= 11 is 0. The third-order valence-corrected chi connectivity index (χ3v) is 4.86. The molecular weight excluding hydrogens is 422 g/mol. The van der Waals surface area contributed by atoms with Crippen molar-refractivity contribution in [3.05, 3.63) is 81.8 Å². The second-order valence-corrected chi connectivity index (χ2v) is 7.78. The number of aryl methyl sites for hydroxylation is 1. The van der Waals surface area contributed by atoms with Crippen LogP contribution in [0, 0.1) is 6.92 Å². The highest BCUT2D eigenvalue weighted by Crippen LogP contribution is 2.18. The fourth-order valence-electron chi connectivity index (χ4n) is 3.05. The fraction of sp³-hybridized carbons (Fsp3) is 0.280. The van der Waals surface area contributed by atoms with Gasteiger partial charge in [0.15, 0.2) is 12.4 Å². The zero-order valence-corrected chi connectivity index (χ0v) is 19.1. The van der Waals surface area contributed by atoms with Gasteiger partial charge in [0.05, 0.1) is 18.4 Å². The average Bonchev–Trinajstić information content (AvgIpc) is 2.79. The Hall–Kier alpha value is -3.94. The van der Waals surface area contributed by atoms with E-state index >= 15 is 0 Å². The lowest BCUT2D eigenvalue weighted by Crippen LogP contribution is -2.27. The number of esters is 1.